The first-order chi connectivity index (χ1) is 9.66. The molecule has 3 aromatic rings. The van der Waals surface area contributed by atoms with Crippen molar-refractivity contribution in [3.8, 4) is 5.69 Å². The molecule has 0 radical (unpaired) electrons. The molecule has 0 saturated carbocycles. The minimum absolute atomic E-state index is 0.161. The minimum Gasteiger partial charge on any atom is -0.285 e. The van der Waals surface area contributed by atoms with Gasteiger partial charge in [0.2, 0.25) is 5.78 Å². The summed E-state index contributed by atoms with van der Waals surface area (Å²) in [6.07, 6.45) is 3.04. The molecule has 3 heterocycles. The molecule has 0 saturated heterocycles. The van der Waals surface area contributed by atoms with Crippen molar-refractivity contribution < 1.29 is 4.79 Å². The second kappa shape index (κ2) is 3.60. The molecule has 0 spiro atoms. The highest BCUT2D eigenvalue weighted by molar-refractivity contribution is 6.13. The topological polar surface area (TPSA) is 64.8 Å². The third-order valence-electron chi connectivity index (χ3n) is 3.51. The fourth-order valence-electron chi connectivity index (χ4n) is 2.55. The van der Waals surface area contributed by atoms with Crippen LogP contribution in [0.3, 0.4) is 0 Å². The van der Waals surface area contributed by atoms with Crippen molar-refractivity contribution in [3.63, 3.8) is 0 Å². The van der Waals surface area contributed by atoms with E-state index >= 15 is 0 Å². The second-order valence-electron chi connectivity index (χ2n) is 4.82. The van der Waals surface area contributed by atoms with Gasteiger partial charge in [0.15, 0.2) is 5.82 Å². The van der Waals surface area contributed by atoms with Crippen LogP contribution in [0.5, 0.6) is 0 Å². The average Bonchev–Trinajstić information content (AvgIpc) is 2.74. The van der Waals surface area contributed by atoms with Crippen LogP contribution in [0.1, 0.15) is 21.7 Å². The summed E-state index contributed by atoms with van der Waals surface area (Å²) in [7, 11) is 0. The van der Waals surface area contributed by atoms with Crippen LogP contribution in [0, 0.1) is 6.92 Å². The first kappa shape index (κ1) is 11.0. The largest absolute Gasteiger partial charge is 0.285 e. The molecule has 0 bridgehead atoms. The van der Waals surface area contributed by atoms with Gasteiger partial charge >= 0.3 is 0 Å². The predicted molar refractivity (Wildman–Crippen MR) is 73.3 cm³/mol. The van der Waals surface area contributed by atoms with Gasteiger partial charge in [-0.05, 0) is 25.1 Å². The molecule has 0 aliphatic carbocycles. The van der Waals surface area contributed by atoms with E-state index in [0.717, 1.165) is 5.56 Å². The van der Waals surface area contributed by atoms with E-state index in [1.54, 1.807) is 24.4 Å². The quantitative estimate of drug-likeness (QED) is 0.483. The lowest BCUT2D eigenvalue weighted by Gasteiger charge is -2.05. The van der Waals surface area contributed by atoms with Crippen molar-refractivity contribution in [2.45, 2.75) is 6.92 Å². The zero-order valence-corrected chi connectivity index (χ0v) is 10.6. The lowest BCUT2D eigenvalue weighted by Crippen LogP contribution is -2.21. The number of fused-ring (bicyclic) bond motifs is 4. The van der Waals surface area contributed by atoms with Crippen LogP contribution in [0.25, 0.3) is 16.6 Å². The maximum atomic E-state index is 12.6. The van der Waals surface area contributed by atoms with Crippen LogP contribution < -0.4 is 5.56 Å². The first-order valence-electron chi connectivity index (χ1n) is 6.19. The van der Waals surface area contributed by atoms with E-state index in [4.69, 9.17) is 0 Å². The van der Waals surface area contributed by atoms with E-state index in [1.807, 2.05) is 13.0 Å². The molecule has 20 heavy (non-hydrogen) atoms. The Balaban J connectivity index is 2.21. The summed E-state index contributed by atoms with van der Waals surface area (Å²) in [6, 6.07) is 7.09. The molecule has 0 atom stereocenters. The lowest BCUT2D eigenvalue weighted by atomic mass is 10.1. The van der Waals surface area contributed by atoms with Crippen molar-refractivity contribution in [1.82, 2.24) is 14.5 Å². The van der Waals surface area contributed by atoms with E-state index in [-0.39, 0.29) is 17.2 Å². The molecule has 1 aliphatic heterocycles. The number of aromatic nitrogens is 3. The Morgan fingerprint density at radius 3 is 2.85 bits per heavy atom. The third-order valence-corrected chi connectivity index (χ3v) is 3.51. The Kier molecular flexibility index (Phi) is 1.99. The summed E-state index contributed by atoms with van der Waals surface area (Å²) in [5.41, 5.74) is 2.29. The Labute approximate surface area is 113 Å². The molecule has 0 amide bonds. The summed E-state index contributed by atoms with van der Waals surface area (Å²) >= 11 is 0. The number of rotatable bonds is 0. The van der Waals surface area contributed by atoms with Crippen molar-refractivity contribution in [2.75, 3.05) is 0 Å². The number of hydrogen-bond acceptors (Lipinski definition) is 4. The summed E-state index contributed by atoms with van der Waals surface area (Å²) in [5.74, 6) is -0.0953. The fraction of sp³-hybridized carbons (Fsp3) is 0.0667. The predicted octanol–water partition coefficient (Wildman–Crippen LogP) is 1.63. The fourth-order valence-corrected chi connectivity index (χ4v) is 2.55. The molecule has 2 aromatic heterocycles. The highest BCUT2D eigenvalue weighted by atomic mass is 16.1. The standard InChI is InChI=1S/C15H9N3O2/c1-8-2-3-11-9(6-8)15(20)18-12-4-5-16-7-10(12)13(19)14(18)17-11/h2-7H,1H3. The molecular formula is C15H9N3O2. The SMILES string of the molecule is Cc1ccc2nc3n(c(=O)c2c1)-c1ccncc1C3=O. The Morgan fingerprint density at radius 1 is 1.15 bits per heavy atom. The lowest BCUT2D eigenvalue weighted by molar-refractivity contribution is 0.103. The van der Waals surface area contributed by atoms with Crippen molar-refractivity contribution in [3.05, 3.63) is 64.0 Å². The summed E-state index contributed by atoms with van der Waals surface area (Å²) in [4.78, 5) is 33.2. The van der Waals surface area contributed by atoms with Gasteiger partial charge in [-0.3, -0.25) is 19.1 Å². The number of ketones is 1. The van der Waals surface area contributed by atoms with Crippen molar-refractivity contribution in [1.29, 1.82) is 0 Å². The highest BCUT2D eigenvalue weighted by Crippen LogP contribution is 2.25. The van der Waals surface area contributed by atoms with E-state index in [1.165, 1.54) is 10.8 Å². The summed E-state index contributed by atoms with van der Waals surface area (Å²) < 4.78 is 1.38. The number of carbonyl (C=O) groups excluding carboxylic acids is 1. The second-order valence-corrected chi connectivity index (χ2v) is 4.82. The molecule has 5 heteroatoms. The van der Waals surface area contributed by atoms with Gasteiger partial charge in [0.25, 0.3) is 5.56 Å². The zero-order chi connectivity index (χ0) is 13.9. The van der Waals surface area contributed by atoms with Crippen molar-refractivity contribution >= 4 is 16.7 Å². The molecule has 0 unspecified atom stereocenters. The van der Waals surface area contributed by atoms with Crippen LogP contribution in [-0.2, 0) is 0 Å². The highest BCUT2D eigenvalue weighted by Gasteiger charge is 2.30. The molecule has 0 fully saturated rings. The average molecular weight is 263 g/mol. The van der Waals surface area contributed by atoms with Gasteiger partial charge in [-0.2, -0.15) is 0 Å². The molecule has 5 nitrogen and oxygen atoms in total. The normalized spacial score (nSPS) is 12.6. The van der Waals surface area contributed by atoms with Crippen LogP contribution in [0.15, 0.2) is 41.5 Å². The first-order valence-corrected chi connectivity index (χ1v) is 6.19. The number of pyridine rings is 1. The van der Waals surface area contributed by atoms with E-state index < -0.39 is 0 Å². The van der Waals surface area contributed by atoms with Gasteiger partial charge in [-0.1, -0.05) is 11.6 Å². The number of carbonyl (C=O) groups is 1. The Bertz CT molecular complexity index is 957. The van der Waals surface area contributed by atoms with Gasteiger partial charge in [-0.25, -0.2) is 4.98 Å². The number of hydrogen-bond donors (Lipinski definition) is 0. The number of benzene rings is 1. The molecule has 4 rings (SSSR count). The van der Waals surface area contributed by atoms with Gasteiger partial charge in [0, 0.05) is 12.4 Å². The number of nitrogens with zero attached hydrogens (tertiary/aromatic N) is 3. The van der Waals surface area contributed by atoms with E-state index in [9.17, 15) is 9.59 Å². The van der Waals surface area contributed by atoms with Crippen LogP contribution >= 0.6 is 0 Å². The number of aryl methyl sites for hydroxylation is 1. The zero-order valence-electron chi connectivity index (χ0n) is 10.6. The van der Waals surface area contributed by atoms with Crippen LogP contribution in [0.2, 0.25) is 0 Å². The van der Waals surface area contributed by atoms with Crippen LogP contribution in [-0.4, -0.2) is 20.3 Å². The third kappa shape index (κ3) is 1.26. The van der Waals surface area contributed by atoms with E-state index in [2.05, 4.69) is 9.97 Å². The maximum Gasteiger partial charge on any atom is 0.266 e. The molecule has 1 aromatic carbocycles. The van der Waals surface area contributed by atoms with E-state index in [0.29, 0.717) is 22.2 Å². The maximum absolute atomic E-state index is 12.6. The minimum atomic E-state index is -0.257. The molecule has 1 aliphatic rings. The Morgan fingerprint density at radius 2 is 2.00 bits per heavy atom. The monoisotopic (exact) mass is 263 g/mol. The van der Waals surface area contributed by atoms with Gasteiger partial charge in [0.1, 0.15) is 0 Å². The smallest absolute Gasteiger partial charge is 0.266 e. The van der Waals surface area contributed by atoms with Gasteiger partial charge < -0.3 is 0 Å². The molecular weight excluding hydrogens is 254 g/mol. The van der Waals surface area contributed by atoms with Gasteiger partial charge in [0.05, 0.1) is 22.2 Å². The summed E-state index contributed by atoms with van der Waals surface area (Å²) in [5, 5.41) is 0.520. The molecule has 0 N–H and O–H groups in total. The summed E-state index contributed by atoms with van der Waals surface area (Å²) in [6.45, 7) is 1.92. The molecule has 96 valence electrons. The van der Waals surface area contributed by atoms with Gasteiger partial charge in [-0.15, -0.1) is 0 Å². The Hall–Kier alpha value is -2.82. The van der Waals surface area contributed by atoms with Crippen molar-refractivity contribution in [2.24, 2.45) is 0 Å². The van der Waals surface area contributed by atoms with Crippen LogP contribution in [0.4, 0.5) is 0 Å².